The summed E-state index contributed by atoms with van der Waals surface area (Å²) in [7, 11) is 0. The van der Waals surface area contributed by atoms with E-state index in [9.17, 15) is 0 Å². The van der Waals surface area contributed by atoms with Gasteiger partial charge in [-0.05, 0) is 59.1 Å². The summed E-state index contributed by atoms with van der Waals surface area (Å²) in [6, 6.07) is 3.07. The maximum Gasteiger partial charge on any atom is 0.0342 e. The lowest BCUT2D eigenvalue weighted by atomic mass is 9.85. The van der Waals surface area contributed by atoms with E-state index in [1.807, 2.05) is 11.3 Å². The highest BCUT2D eigenvalue weighted by atomic mass is 79.9. The maximum absolute atomic E-state index is 3.65. The summed E-state index contributed by atoms with van der Waals surface area (Å²) in [6.07, 6.45) is 7.27. The highest BCUT2D eigenvalue weighted by molar-refractivity contribution is 9.10. The van der Waals surface area contributed by atoms with Gasteiger partial charge in [-0.25, -0.2) is 0 Å². The van der Waals surface area contributed by atoms with Crippen LogP contribution in [0.3, 0.4) is 0 Å². The molecule has 0 amide bonds. The lowest BCUT2D eigenvalue weighted by Crippen LogP contribution is -2.34. The Morgan fingerprint density at radius 2 is 2.19 bits per heavy atom. The highest BCUT2D eigenvalue weighted by Gasteiger charge is 2.35. The van der Waals surface area contributed by atoms with Gasteiger partial charge in [-0.1, -0.05) is 12.8 Å². The van der Waals surface area contributed by atoms with E-state index < -0.39 is 0 Å². The summed E-state index contributed by atoms with van der Waals surface area (Å²) in [5.41, 5.74) is 0. The van der Waals surface area contributed by atoms with Crippen LogP contribution in [-0.4, -0.2) is 17.5 Å². The largest absolute Gasteiger partial charge is 0.295 e. The second kappa shape index (κ2) is 4.79. The number of halogens is 1. The average Bonchev–Trinajstić information content (AvgIpc) is 2.88. The van der Waals surface area contributed by atoms with Crippen LogP contribution in [0.15, 0.2) is 15.9 Å². The molecule has 2 heterocycles. The van der Waals surface area contributed by atoms with E-state index in [4.69, 9.17) is 0 Å². The molecule has 1 nitrogen and oxygen atoms in total. The monoisotopic (exact) mass is 299 g/mol. The van der Waals surface area contributed by atoms with Crippen molar-refractivity contribution >= 4 is 27.3 Å². The lowest BCUT2D eigenvalue weighted by molar-refractivity contribution is 0.177. The molecule has 3 rings (SSSR count). The predicted molar refractivity (Wildman–Crippen MR) is 72.8 cm³/mol. The molecule has 3 heteroatoms. The molecule has 1 aromatic rings. The number of hydrogen-bond donors (Lipinski definition) is 0. The molecule has 88 valence electrons. The first-order valence-corrected chi connectivity index (χ1v) is 7.98. The molecule has 0 aromatic carbocycles. The van der Waals surface area contributed by atoms with Crippen LogP contribution >= 0.6 is 27.3 Å². The second-order valence-electron chi connectivity index (χ2n) is 5.06. The van der Waals surface area contributed by atoms with E-state index in [1.165, 1.54) is 54.5 Å². The van der Waals surface area contributed by atoms with Crippen LogP contribution in [0.5, 0.6) is 0 Å². The minimum atomic E-state index is 0.891. The van der Waals surface area contributed by atoms with Crippen molar-refractivity contribution in [3.05, 3.63) is 20.8 Å². The van der Waals surface area contributed by atoms with Gasteiger partial charge in [-0.15, -0.1) is 11.3 Å². The summed E-state index contributed by atoms with van der Waals surface area (Å²) >= 11 is 5.53. The van der Waals surface area contributed by atoms with Crippen LogP contribution in [0.25, 0.3) is 0 Å². The summed E-state index contributed by atoms with van der Waals surface area (Å²) in [6.45, 7) is 2.49. The van der Waals surface area contributed by atoms with Crippen LogP contribution in [0.4, 0.5) is 0 Å². The van der Waals surface area contributed by atoms with Gasteiger partial charge in [0, 0.05) is 21.9 Å². The second-order valence-corrected chi connectivity index (χ2v) is 6.92. The van der Waals surface area contributed by atoms with E-state index >= 15 is 0 Å². The fraction of sp³-hybridized carbons (Fsp3) is 0.692. The van der Waals surface area contributed by atoms with Crippen LogP contribution < -0.4 is 0 Å². The number of likely N-dealkylation sites (tertiary alicyclic amines) is 1. The topological polar surface area (TPSA) is 3.24 Å². The first-order chi connectivity index (χ1) is 7.84. The van der Waals surface area contributed by atoms with Gasteiger partial charge in [0.05, 0.1) is 0 Å². The first-order valence-electron chi connectivity index (χ1n) is 6.30. The minimum Gasteiger partial charge on any atom is -0.295 e. The Labute approximate surface area is 110 Å². The van der Waals surface area contributed by atoms with E-state index in [0.717, 1.165) is 12.0 Å². The Morgan fingerprint density at radius 3 is 3.00 bits per heavy atom. The number of nitrogens with zero attached hydrogens (tertiary/aromatic N) is 1. The maximum atomic E-state index is 3.65. The van der Waals surface area contributed by atoms with Gasteiger partial charge in [-0.3, -0.25) is 4.90 Å². The molecule has 2 atom stereocenters. The van der Waals surface area contributed by atoms with Gasteiger partial charge in [0.15, 0.2) is 0 Å². The molecule has 2 aliphatic rings. The smallest absolute Gasteiger partial charge is 0.0342 e. The molecular weight excluding hydrogens is 282 g/mol. The van der Waals surface area contributed by atoms with Crippen molar-refractivity contribution in [2.24, 2.45) is 5.92 Å². The fourth-order valence-electron chi connectivity index (χ4n) is 3.32. The molecule has 0 bridgehead atoms. The average molecular weight is 300 g/mol. The zero-order chi connectivity index (χ0) is 11.0. The van der Waals surface area contributed by atoms with E-state index in [-0.39, 0.29) is 0 Å². The van der Waals surface area contributed by atoms with Gasteiger partial charge in [0.1, 0.15) is 0 Å². The molecule has 2 unspecified atom stereocenters. The van der Waals surface area contributed by atoms with Crippen molar-refractivity contribution in [1.82, 2.24) is 4.90 Å². The normalized spacial score (nSPS) is 30.6. The zero-order valence-electron chi connectivity index (χ0n) is 9.49. The Balaban J connectivity index is 1.69. The van der Waals surface area contributed by atoms with E-state index in [0.29, 0.717) is 0 Å². The lowest BCUT2D eigenvalue weighted by Gasteiger charge is -2.31. The van der Waals surface area contributed by atoms with Gasteiger partial charge in [-0.2, -0.15) is 0 Å². The first kappa shape index (κ1) is 11.2. The van der Waals surface area contributed by atoms with Crippen LogP contribution in [0.1, 0.15) is 37.0 Å². The number of thiophene rings is 1. The van der Waals surface area contributed by atoms with Gasteiger partial charge >= 0.3 is 0 Å². The SMILES string of the molecule is Brc1ccsc1CN1CCC2CCCCC21. The van der Waals surface area contributed by atoms with Gasteiger partial charge in [0.25, 0.3) is 0 Å². The molecule has 0 spiro atoms. The molecule has 1 saturated heterocycles. The van der Waals surface area contributed by atoms with E-state index in [2.05, 4.69) is 32.3 Å². The van der Waals surface area contributed by atoms with Crippen molar-refractivity contribution in [3.63, 3.8) is 0 Å². The third-order valence-electron chi connectivity index (χ3n) is 4.16. The minimum absolute atomic E-state index is 0.891. The highest BCUT2D eigenvalue weighted by Crippen LogP contribution is 2.38. The van der Waals surface area contributed by atoms with Crippen molar-refractivity contribution in [2.45, 2.75) is 44.7 Å². The Morgan fingerprint density at radius 1 is 1.31 bits per heavy atom. The Bertz CT molecular complexity index is 363. The number of hydrogen-bond acceptors (Lipinski definition) is 2. The molecule has 1 aromatic heterocycles. The summed E-state index contributed by atoms with van der Waals surface area (Å²) in [5.74, 6) is 1.01. The Kier molecular flexibility index (Phi) is 3.37. The predicted octanol–water partition coefficient (Wildman–Crippen LogP) is 4.28. The molecular formula is C13H18BrNS. The van der Waals surface area contributed by atoms with Crippen molar-refractivity contribution in [3.8, 4) is 0 Å². The third kappa shape index (κ3) is 2.09. The van der Waals surface area contributed by atoms with Gasteiger partial charge in [0.2, 0.25) is 0 Å². The van der Waals surface area contributed by atoms with Crippen LogP contribution in [0.2, 0.25) is 0 Å². The molecule has 16 heavy (non-hydrogen) atoms. The van der Waals surface area contributed by atoms with Crippen LogP contribution in [-0.2, 0) is 6.54 Å². The van der Waals surface area contributed by atoms with E-state index in [1.54, 1.807) is 0 Å². The summed E-state index contributed by atoms with van der Waals surface area (Å²) < 4.78 is 1.30. The summed E-state index contributed by atoms with van der Waals surface area (Å²) in [4.78, 5) is 4.23. The standard InChI is InChI=1S/C13H18BrNS/c14-11-6-8-16-13(11)9-15-7-5-10-3-1-2-4-12(10)15/h6,8,10,12H,1-5,7,9H2. The van der Waals surface area contributed by atoms with Crippen molar-refractivity contribution < 1.29 is 0 Å². The fourth-order valence-corrected chi connectivity index (χ4v) is 4.82. The number of fused-ring (bicyclic) bond motifs is 1. The molecule has 0 radical (unpaired) electrons. The van der Waals surface area contributed by atoms with Crippen molar-refractivity contribution in [1.29, 1.82) is 0 Å². The van der Waals surface area contributed by atoms with Crippen molar-refractivity contribution in [2.75, 3.05) is 6.54 Å². The quantitative estimate of drug-likeness (QED) is 0.788. The molecule has 1 saturated carbocycles. The number of rotatable bonds is 2. The summed E-state index contributed by atoms with van der Waals surface area (Å²) in [5, 5.41) is 2.19. The van der Waals surface area contributed by atoms with Gasteiger partial charge < -0.3 is 0 Å². The molecule has 2 fully saturated rings. The van der Waals surface area contributed by atoms with Crippen LogP contribution in [0, 0.1) is 5.92 Å². The molecule has 1 aliphatic carbocycles. The Hall–Kier alpha value is 0.140. The third-order valence-corrected chi connectivity index (χ3v) is 6.07. The zero-order valence-corrected chi connectivity index (χ0v) is 11.9. The molecule has 1 aliphatic heterocycles. The molecule has 0 N–H and O–H groups in total.